The van der Waals surface area contributed by atoms with E-state index in [9.17, 15) is 4.79 Å². The molecule has 1 aliphatic heterocycles. The average molecular weight is 330 g/mol. The van der Waals surface area contributed by atoms with Crippen LogP contribution in [-0.4, -0.2) is 53.2 Å². The first kappa shape index (κ1) is 16.2. The molecule has 128 valence electrons. The second kappa shape index (κ2) is 6.86. The van der Waals surface area contributed by atoms with Gasteiger partial charge in [-0.15, -0.1) is 0 Å². The van der Waals surface area contributed by atoms with Crippen LogP contribution in [0.3, 0.4) is 0 Å². The van der Waals surface area contributed by atoms with E-state index >= 15 is 0 Å². The smallest absolute Gasteiger partial charge is 0.321 e. The number of rotatable bonds is 3. The third kappa shape index (κ3) is 3.64. The summed E-state index contributed by atoms with van der Waals surface area (Å²) < 4.78 is 5.25. The molecule has 8 nitrogen and oxygen atoms in total. The SMILES string of the molecule is Cc1noc([C@H]2CCCN(C(=O)Nc3ccc(N(C)C)nc3)C2)n1. The van der Waals surface area contributed by atoms with Gasteiger partial charge in [-0.1, -0.05) is 5.16 Å². The number of nitrogens with one attached hydrogen (secondary N) is 1. The van der Waals surface area contributed by atoms with E-state index in [-0.39, 0.29) is 11.9 Å². The normalized spacial score (nSPS) is 17.6. The summed E-state index contributed by atoms with van der Waals surface area (Å²) in [4.78, 5) is 24.8. The molecule has 0 unspecified atom stereocenters. The Hall–Kier alpha value is -2.64. The van der Waals surface area contributed by atoms with Gasteiger partial charge in [-0.3, -0.25) is 0 Å². The van der Waals surface area contributed by atoms with Gasteiger partial charge in [0.15, 0.2) is 5.82 Å². The molecular formula is C16H22N6O2. The van der Waals surface area contributed by atoms with Crippen molar-refractivity contribution < 1.29 is 9.32 Å². The molecule has 1 aliphatic rings. The molecule has 2 amide bonds. The largest absolute Gasteiger partial charge is 0.363 e. The topological polar surface area (TPSA) is 87.4 Å². The van der Waals surface area contributed by atoms with Gasteiger partial charge in [0.1, 0.15) is 5.82 Å². The van der Waals surface area contributed by atoms with Crippen molar-refractivity contribution in [2.75, 3.05) is 37.4 Å². The number of amides is 2. The molecule has 1 N–H and O–H groups in total. The summed E-state index contributed by atoms with van der Waals surface area (Å²) in [5.74, 6) is 2.18. The zero-order valence-electron chi connectivity index (χ0n) is 14.2. The molecule has 1 atom stereocenters. The summed E-state index contributed by atoms with van der Waals surface area (Å²) in [6.45, 7) is 3.10. The van der Waals surface area contributed by atoms with Crippen molar-refractivity contribution in [2.45, 2.75) is 25.7 Å². The fourth-order valence-corrected chi connectivity index (χ4v) is 2.77. The van der Waals surface area contributed by atoms with Crippen molar-refractivity contribution >= 4 is 17.5 Å². The minimum absolute atomic E-state index is 0.0972. The quantitative estimate of drug-likeness (QED) is 0.929. The fourth-order valence-electron chi connectivity index (χ4n) is 2.77. The fraction of sp³-hybridized carbons (Fsp3) is 0.500. The lowest BCUT2D eigenvalue weighted by molar-refractivity contribution is 0.184. The second-order valence-corrected chi connectivity index (χ2v) is 6.19. The molecule has 0 bridgehead atoms. The van der Waals surface area contributed by atoms with E-state index in [4.69, 9.17) is 4.52 Å². The molecule has 0 radical (unpaired) electrons. The highest BCUT2D eigenvalue weighted by Gasteiger charge is 2.28. The summed E-state index contributed by atoms with van der Waals surface area (Å²) in [7, 11) is 3.85. The van der Waals surface area contributed by atoms with Gasteiger partial charge in [0.25, 0.3) is 0 Å². The summed E-state index contributed by atoms with van der Waals surface area (Å²) >= 11 is 0. The molecule has 2 aromatic heterocycles. The summed E-state index contributed by atoms with van der Waals surface area (Å²) in [5, 5.41) is 6.73. The lowest BCUT2D eigenvalue weighted by atomic mass is 9.98. The van der Waals surface area contributed by atoms with Crippen molar-refractivity contribution in [2.24, 2.45) is 0 Å². The van der Waals surface area contributed by atoms with Crippen molar-refractivity contribution in [1.29, 1.82) is 0 Å². The maximum atomic E-state index is 12.5. The van der Waals surface area contributed by atoms with Crippen molar-refractivity contribution in [3.63, 3.8) is 0 Å². The highest BCUT2D eigenvalue weighted by atomic mass is 16.5. The van der Waals surface area contributed by atoms with E-state index < -0.39 is 0 Å². The van der Waals surface area contributed by atoms with Crippen LogP contribution in [0.5, 0.6) is 0 Å². The number of anilines is 2. The van der Waals surface area contributed by atoms with Crippen molar-refractivity contribution in [3.05, 3.63) is 30.0 Å². The number of piperidine rings is 1. The highest BCUT2D eigenvalue weighted by Crippen LogP contribution is 2.26. The van der Waals surface area contributed by atoms with Crippen LogP contribution >= 0.6 is 0 Å². The predicted octanol–water partition coefficient (Wildman–Crippen LogP) is 2.25. The van der Waals surface area contributed by atoms with E-state index in [1.165, 1.54) is 0 Å². The van der Waals surface area contributed by atoms with Crippen LogP contribution in [0.15, 0.2) is 22.9 Å². The predicted molar refractivity (Wildman–Crippen MR) is 90.2 cm³/mol. The number of hydrogen-bond donors (Lipinski definition) is 1. The number of aromatic nitrogens is 3. The van der Waals surface area contributed by atoms with Gasteiger partial charge in [-0.05, 0) is 31.9 Å². The van der Waals surface area contributed by atoms with E-state index in [0.717, 1.165) is 25.2 Å². The van der Waals surface area contributed by atoms with E-state index in [1.54, 1.807) is 18.0 Å². The van der Waals surface area contributed by atoms with E-state index in [0.29, 0.717) is 23.9 Å². The Labute approximate surface area is 140 Å². The number of aryl methyl sites for hydroxylation is 1. The van der Waals surface area contributed by atoms with Gasteiger partial charge < -0.3 is 19.6 Å². The number of carbonyl (C=O) groups excluding carboxylic acids is 1. The molecular weight excluding hydrogens is 308 g/mol. The molecule has 0 aromatic carbocycles. The van der Waals surface area contributed by atoms with Crippen LogP contribution in [0.1, 0.15) is 30.5 Å². The Balaban J connectivity index is 1.62. The standard InChI is InChI=1S/C16H22N6O2/c1-11-18-15(24-20-11)12-5-4-8-22(10-12)16(23)19-13-6-7-14(17-9-13)21(2)3/h6-7,9,12H,4-5,8,10H2,1-3H3,(H,19,23)/t12-/m0/s1. The first-order valence-electron chi connectivity index (χ1n) is 8.02. The molecule has 2 aromatic rings. The van der Waals surface area contributed by atoms with Gasteiger partial charge >= 0.3 is 6.03 Å². The van der Waals surface area contributed by atoms with Crippen molar-refractivity contribution in [3.8, 4) is 0 Å². The van der Waals surface area contributed by atoms with Crippen LogP contribution in [0, 0.1) is 6.92 Å². The molecule has 0 aliphatic carbocycles. The number of carbonyl (C=O) groups is 1. The molecule has 24 heavy (non-hydrogen) atoms. The maximum Gasteiger partial charge on any atom is 0.321 e. The van der Waals surface area contributed by atoms with Crippen LogP contribution in [0.4, 0.5) is 16.3 Å². The van der Waals surface area contributed by atoms with Crippen LogP contribution in [0.2, 0.25) is 0 Å². The monoisotopic (exact) mass is 330 g/mol. The third-order valence-electron chi connectivity index (χ3n) is 4.06. The molecule has 0 saturated carbocycles. The number of hydrogen-bond acceptors (Lipinski definition) is 6. The zero-order chi connectivity index (χ0) is 17.1. The van der Waals surface area contributed by atoms with Gasteiger partial charge in [0, 0.05) is 27.2 Å². The highest BCUT2D eigenvalue weighted by molar-refractivity contribution is 5.89. The van der Waals surface area contributed by atoms with E-state index in [1.807, 2.05) is 31.1 Å². The van der Waals surface area contributed by atoms with E-state index in [2.05, 4.69) is 20.4 Å². The van der Waals surface area contributed by atoms with Gasteiger partial charge in [0.05, 0.1) is 17.8 Å². The second-order valence-electron chi connectivity index (χ2n) is 6.19. The Morgan fingerprint density at radius 1 is 1.42 bits per heavy atom. The summed E-state index contributed by atoms with van der Waals surface area (Å²) in [5.41, 5.74) is 0.682. The molecule has 1 saturated heterocycles. The lowest BCUT2D eigenvalue weighted by Gasteiger charge is -2.31. The minimum Gasteiger partial charge on any atom is -0.363 e. The molecule has 1 fully saturated rings. The Morgan fingerprint density at radius 2 is 2.25 bits per heavy atom. The maximum absolute atomic E-state index is 12.5. The molecule has 0 spiro atoms. The van der Waals surface area contributed by atoms with Crippen LogP contribution in [-0.2, 0) is 0 Å². The van der Waals surface area contributed by atoms with Gasteiger partial charge in [0.2, 0.25) is 5.89 Å². The van der Waals surface area contributed by atoms with Gasteiger partial charge in [-0.2, -0.15) is 4.98 Å². The Morgan fingerprint density at radius 3 is 2.88 bits per heavy atom. The molecule has 3 rings (SSSR count). The number of nitrogens with zero attached hydrogens (tertiary/aromatic N) is 5. The number of likely N-dealkylation sites (tertiary alicyclic amines) is 1. The van der Waals surface area contributed by atoms with Crippen LogP contribution in [0.25, 0.3) is 0 Å². The first-order chi connectivity index (χ1) is 11.5. The first-order valence-corrected chi connectivity index (χ1v) is 8.02. The Kier molecular flexibility index (Phi) is 4.64. The Bertz CT molecular complexity index is 697. The van der Waals surface area contributed by atoms with Crippen molar-refractivity contribution in [1.82, 2.24) is 20.0 Å². The molecule has 3 heterocycles. The van der Waals surface area contributed by atoms with Crippen LogP contribution < -0.4 is 10.2 Å². The summed E-state index contributed by atoms with van der Waals surface area (Å²) in [6.07, 6.45) is 3.53. The third-order valence-corrected chi connectivity index (χ3v) is 4.06. The number of urea groups is 1. The summed E-state index contributed by atoms with van der Waals surface area (Å²) in [6, 6.07) is 3.59. The average Bonchev–Trinajstić information content (AvgIpc) is 3.02. The lowest BCUT2D eigenvalue weighted by Crippen LogP contribution is -2.41. The number of pyridine rings is 1. The molecule has 8 heteroatoms. The van der Waals surface area contributed by atoms with Gasteiger partial charge in [-0.25, -0.2) is 9.78 Å². The minimum atomic E-state index is -0.129. The zero-order valence-corrected chi connectivity index (χ0v) is 14.2.